The number of fused-ring (bicyclic) bond motifs is 1. The van der Waals surface area contributed by atoms with Gasteiger partial charge >= 0.3 is 6.03 Å². The summed E-state index contributed by atoms with van der Waals surface area (Å²) >= 11 is 0. The van der Waals surface area contributed by atoms with Crippen LogP contribution < -0.4 is 5.32 Å². The number of amides is 3. The summed E-state index contributed by atoms with van der Waals surface area (Å²) in [6.07, 6.45) is 8.91. The lowest BCUT2D eigenvalue weighted by atomic mass is 9.79. The Balaban J connectivity index is 1.42. The maximum absolute atomic E-state index is 12.8. The zero-order valence-electron chi connectivity index (χ0n) is 17.9. The molecule has 0 aromatic rings. The van der Waals surface area contributed by atoms with E-state index in [2.05, 4.69) is 11.4 Å². The van der Waals surface area contributed by atoms with Gasteiger partial charge in [-0.25, -0.2) is 4.79 Å². The maximum Gasteiger partial charge on any atom is 0.319 e. The smallest absolute Gasteiger partial charge is 0.319 e. The molecule has 7 heteroatoms. The first-order valence-electron chi connectivity index (χ1n) is 11.3. The lowest BCUT2D eigenvalue weighted by molar-refractivity contribution is -0.130. The highest BCUT2D eigenvalue weighted by atomic mass is 16.2. The van der Waals surface area contributed by atoms with Crippen molar-refractivity contribution in [3.8, 4) is 6.07 Å². The minimum Gasteiger partial charge on any atom is -0.331 e. The highest BCUT2D eigenvalue weighted by Gasteiger charge is 2.53. The molecule has 2 unspecified atom stereocenters. The van der Waals surface area contributed by atoms with Gasteiger partial charge in [0, 0.05) is 39.3 Å². The largest absolute Gasteiger partial charge is 0.331 e. The highest BCUT2D eigenvalue weighted by Crippen LogP contribution is 2.51. The molecule has 160 valence electrons. The van der Waals surface area contributed by atoms with Crippen LogP contribution in [0.5, 0.6) is 0 Å². The molecule has 2 heterocycles. The molecule has 0 aromatic heterocycles. The number of carbonyl (C=O) groups excluding carboxylic acids is 2. The monoisotopic (exact) mass is 401 g/mol. The minimum atomic E-state index is -0.250. The van der Waals surface area contributed by atoms with Crippen LogP contribution in [0.1, 0.15) is 51.4 Å². The second kappa shape index (κ2) is 8.14. The molecule has 2 saturated carbocycles. The average Bonchev–Trinajstić information content (AvgIpc) is 3.48. The van der Waals surface area contributed by atoms with Gasteiger partial charge in [0.25, 0.3) is 0 Å². The normalized spacial score (nSPS) is 34.4. The van der Waals surface area contributed by atoms with Crippen LogP contribution in [0.25, 0.3) is 0 Å². The van der Waals surface area contributed by atoms with Gasteiger partial charge in [-0.15, -0.1) is 0 Å². The van der Waals surface area contributed by atoms with Crippen LogP contribution in [0.3, 0.4) is 0 Å². The van der Waals surface area contributed by atoms with E-state index < -0.39 is 0 Å². The topological polar surface area (TPSA) is 79.7 Å². The fourth-order valence-electron chi connectivity index (χ4n) is 6.51. The first kappa shape index (κ1) is 20.5. The molecule has 4 aliphatic rings. The van der Waals surface area contributed by atoms with Crippen LogP contribution in [0, 0.1) is 29.1 Å². The summed E-state index contributed by atoms with van der Waals surface area (Å²) < 4.78 is 0. The Morgan fingerprint density at radius 1 is 1.10 bits per heavy atom. The molecule has 4 rings (SSSR count). The molecule has 0 bridgehead atoms. The molecule has 3 atom stereocenters. The van der Waals surface area contributed by atoms with Crippen molar-refractivity contribution >= 4 is 11.9 Å². The molecule has 2 aliphatic carbocycles. The summed E-state index contributed by atoms with van der Waals surface area (Å²) in [5.41, 5.74) is 0.0244. The van der Waals surface area contributed by atoms with Gasteiger partial charge in [-0.1, -0.05) is 12.8 Å². The van der Waals surface area contributed by atoms with E-state index in [1.807, 2.05) is 19.0 Å². The van der Waals surface area contributed by atoms with Crippen molar-refractivity contribution in [2.45, 2.75) is 62.9 Å². The van der Waals surface area contributed by atoms with Crippen LogP contribution >= 0.6 is 0 Å². The molecule has 29 heavy (non-hydrogen) atoms. The summed E-state index contributed by atoms with van der Waals surface area (Å²) in [6, 6.07) is 2.15. The standard InChI is InChI=1S/C22H35N5O2/c1-25(2)21(29)26-14-16-10-22(11-17(16)15-26,18-6-3-4-7-18)24-13-20(28)27-9-5-8-19(27)12-23/h16-19,24H,3-11,13-15H2,1-2H3/t16?,17?,19-,22?/m0/s1. The van der Waals surface area contributed by atoms with Crippen molar-refractivity contribution < 1.29 is 9.59 Å². The third kappa shape index (κ3) is 3.84. The van der Waals surface area contributed by atoms with Gasteiger partial charge in [-0.2, -0.15) is 5.26 Å². The second-order valence-electron chi connectivity index (χ2n) is 9.88. The van der Waals surface area contributed by atoms with Crippen molar-refractivity contribution in [1.29, 1.82) is 5.26 Å². The molecule has 3 amide bonds. The van der Waals surface area contributed by atoms with Crippen molar-refractivity contribution in [2.24, 2.45) is 17.8 Å². The van der Waals surface area contributed by atoms with Gasteiger partial charge in [0.1, 0.15) is 6.04 Å². The quantitative estimate of drug-likeness (QED) is 0.782. The second-order valence-corrected chi connectivity index (χ2v) is 9.88. The van der Waals surface area contributed by atoms with Gasteiger partial charge in [0.15, 0.2) is 0 Å². The highest BCUT2D eigenvalue weighted by molar-refractivity contribution is 5.79. The molecule has 4 fully saturated rings. The summed E-state index contributed by atoms with van der Waals surface area (Å²) in [5.74, 6) is 1.76. The van der Waals surface area contributed by atoms with E-state index in [4.69, 9.17) is 0 Å². The molecular weight excluding hydrogens is 366 g/mol. The Labute approximate surface area is 174 Å². The summed E-state index contributed by atoms with van der Waals surface area (Å²) in [5, 5.41) is 13.0. The molecule has 7 nitrogen and oxygen atoms in total. The minimum absolute atomic E-state index is 0.0244. The molecular formula is C22H35N5O2. The summed E-state index contributed by atoms with van der Waals surface area (Å²) in [4.78, 5) is 30.7. The summed E-state index contributed by atoms with van der Waals surface area (Å²) in [7, 11) is 3.64. The number of hydrogen-bond donors (Lipinski definition) is 1. The first-order valence-corrected chi connectivity index (χ1v) is 11.3. The number of urea groups is 1. The zero-order valence-corrected chi connectivity index (χ0v) is 17.9. The van der Waals surface area contributed by atoms with E-state index in [9.17, 15) is 14.9 Å². The number of carbonyl (C=O) groups is 2. The number of nitrogens with one attached hydrogen (secondary N) is 1. The fraction of sp³-hybridized carbons (Fsp3) is 0.864. The number of rotatable bonds is 4. The van der Waals surface area contributed by atoms with Crippen molar-refractivity contribution in [1.82, 2.24) is 20.0 Å². The van der Waals surface area contributed by atoms with E-state index in [0.29, 0.717) is 30.8 Å². The molecule has 0 aromatic carbocycles. The molecule has 2 saturated heterocycles. The number of hydrogen-bond acceptors (Lipinski definition) is 4. The summed E-state index contributed by atoms with van der Waals surface area (Å²) in [6.45, 7) is 2.74. The van der Waals surface area contributed by atoms with Gasteiger partial charge in [-0.05, 0) is 56.3 Å². The Morgan fingerprint density at radius 3 is 2.34 bits per heavy atom. The Morgan fingerprint density at radius 2 is 1.76 bits per heavy atom. The van der Waals surface area contributed by atoms with Crippen LogP contribution in [-0.2, 0) is 4.79 Å². The Bertz CT molecular complexity index is 667. The average molecular weight is 402 g/mol. The van der Waals surface area contributed by atoms with E-state index in [-0.39, 0.29) is 23.5 Å². The van der Waals surface area contributed by atoms with Gasteiger partial charge in [-0.3, -0.25) is 4.79 Å². The molecule has 0 radical (unpaired) electrons. The molecule has 1 N–H and O–H groups in total. The number of nitriles is 1. The van der Waals surface area contributed by atoms with E-state index in [1.54, 1.807) is 9.80 Å². The van der Waals surface area contributed by atoms with Gasteiger partial charge in [0.05, 0.1) is 12.6 Å². The lowest BCUT2D eigenvalue weighted by Crippen LogP contribution is -2.54. The fourth-order valence-corrected chi connectivity index (χ4v) is 6.51. The van der Waals surface area contributed by atoms with Crippen molar-refractivity contribution in [2.75, 3.05) is 40.3 Å². The van der Waals surface area contributed by atoms with Crippen LogP contribution in [-0.4, -0.2) is 78.5 Å². The predicted molar refractivity (Wildman–Crippen MR) is 110 cm³/mol. The SMILES string of the molecule is CN(C)C(=O)N1CC2CC(NCC(=O)N3CCC[C@H]3C#N)(C3CCCC3)CC2C1. The van der Waals surface area contributed by atoms with E-state index in [1.165, 1.54) is 25.7 Å². The van der Waals surface area contributed by atoms with E-state index >= 15 is 0 Å². The van der Waals surface area contributed by atoms with E-state index in [0.717, 1.165) is 38.8 Å². The van der Waals surface area contributed by atoms with Crippen LogP contribution in [0.4, 0.5) is 4.79 Å². The molecule has 2 aliphatic heterocycles. The first-order chi connectivity index (χ1) is 13.9. The van der Waals surface area contributed by atoms with Crippen LogP contribution in [0.2, 0.25) is 0 Å². The lowest BCUT2D eigenvalue weighted by Gasteiger charge is -2.39. The Kier molecular flexibility index (Phi) is 5.74. The predicted octanol–water partition coefficient (Wildman–Crippen LogP) is 2.04. The third-order valence-electron chi connectivity index (χ3n) is 7.93. The van der Waals surface area contributed by atoms with Crippen molar-refractivity contribution in [3.63, 3.8) is 0 Å². The Hall–Kier alpha value is -1.81. The number of nitrogens with zero attached hydrogens (tertiary/aromatic N) is 4. The van der Waals surface area contributed by atoms with Gasteiger partial charge < -0.3 is 20.0 Å². The van der Waals surface area contributed by atoms with Crippen LogP contribution in [0.15, 0.2) is 0 Å². The third-order valence-corrected chi connectivity index (χ3v) is 7.93. The van der Waals surface area contributed by atoms with Gasteiger partial charge in [0.2, 0.25) is 5.91 Å². The molecule has 0 spiro atoms. The van der Waals surface area contributed by atoms with Crippen molar-refractivity contribution in [3.05, 3.63) is 0 Å². The zero-order chi connectivity index (χ0) is 20.6. The maximum atomic E-state index is 12.8. The number of likely N-dealkylation sites (tertiary alicyclic amines) is 2.